The highest BCUT2D eigenvalue weighted by molar-refractivity contribution is 5.99. The van der Waals surface area contributed by atoms with Gasteiger partial charge in [0, 0.05) is 24.6 Å². The SMILES string of the molecule is COCCOCC(=O)OC(CN1CCC2CCCCC2C1C(=O)NC(C)(C)C)C(Cc1ccccc1)NC(=O)C(CC(N)=O)NC(=O)c1ccc2ccccc2n1. The Morgan fingerprint density at radius 1 is 0.912 bits per heavy atom. The molecule has 14 nitrogen and oxygen atoms in total. The quantitative estimate of drug-likeness (QED) is 0.110. The van der Waals surface area contributed by atoms with Crippen LogP contribution in [0.5, 0.6) is 0 Å². The number of methoxy groups -OCH3 is 1. The average molecular weight is 787 g/mol. The molecule has 0 bridgehead atoms. The smallest absolute Gasteiger partial charge is 0.332 e. The van der Waals surface area contributed by atoms with Crippen LogP contribution in [0, 0.1) is 11.8 Å². The van der Waals surface area contributed by atoms with Gasteiger partial charge >= 0.3 is 5.97 Å². The zero-order chi connectivity index (χ0) is 41.0. The van der Waals surface area contributed by atoms with E-state index in [4.69, 9.17) is 19.9 Å². The summed E-state index contributed by atoms with van der Waals surface area (Å²) in [5, 5.41) is 9.71. The third-order valence-corrected chi connectivity index (χ3v) is 10.6. The first-order chi connectivity index (χ1) is 27.3. The van der Waals surface area contributed by atoms with Crippen molar-refractivity contribution in [2.24, 2.45) is 17.6 Å². The van der Waals surface area contributed by atoms with Crippen molar-refractivity contribution >= 4 is 40.5 Å². The largest absolute Gasteiger partial charge is 0.457 e. The second-order valence-corrected chi connectivity index (χ2v) is 16.1. The summed E-state index contributed by atoms with van der Waals surface area (Å²) >= 11 is 0. The van der Waals surface area contributed by atoms with Gasteiger partial charge in [0.15, 0.2) is 0 Å². The minimum Gasteiger partial charge on any atom is -0.457 e. The molecule has 4 amide bonds. The van der Waals surface area contributed by atoms with E-state index in [9.17, 15) is 24.0 Å². The maximum Gasteiger partial charge on any atom is 0.332 e. The van der Waals surface area contributed by atoms with Crippen LogP contribution >= 0.6 is 0 Å². The number of nitrogens with zero attached hydrogens (tertiary/aromatic N) is 2. The maximum absolute atomic E-state index is 14.3. The lowest BCUT2D eigenvalue weighted by Crippen LogP contribution is -2.63. The minimum absolute atomic E-state index is 0.0581. The van der Waals surface area contributed by atoms with E-state index in [0.717, 1.165) is 43.1 Å². The molecular weight excluding hydrogens is 729 g/mol. The Morgan fingerprint density at radius 3 is 2.39 bits per heavy atom. The number of ether oxygens (including phenoxy) is 3. The predicted molar refractivity (Wildman–Crippen MR) is 215 cm³/mol. The Bertz CT molecular complexity index is 1830. The van der Waals surface area contributed by atoms with Gasteiger partial charge in [-0.25, -0.2) is 9.78 Å². The van der Waals surface area contributed by atoms with Crippen molar-refractivity contribution in [1.29, 1.82) is 0 Å². The number of hydrogen-bond acceptors (Lipinski definition) is 10. The van der Waals surface area contributed by atoms with Crippen LogP contribution in [0.1, 0.15) is 75.3 Å². The molecule has 1 aliphatic carbocycles. The number of esters is 1. The molecule has 1 aliphatic heterocycles. The number of benzene rings is 2. The van der Waals surface area contributed by atoms with Crippen molar-refractivity contribution in [2.75, 3.05) is 40.0 Å². The summed E-state index contributed by atoms with van der Waals surface area (Å²) in [4.78, 5) is 74.3. The molecule has 6 unspecified atom stereocenters. The number of pyridine rings is 1. The molecule has 0 spiro atoms. The van der Waals surface area contributed by atoms with Crippen molar-refractivity contribution in [1.82, 2.24) is 25.8 Å². The van der Waals surface area contributed by atoms with Crippen LogP contribution in [0.4, 0.5) is 0 Å². The molecule has 14 heteroatoms. The Labute approximate surface area is 334 Å². The first-order valence-corrected chi connectivity index (χ1v) is 19.9. The lowest BCUT2D eigenvalue weighted by Gasteiger charge is -2.48. The van der Waals surface area contributed by atoms with Crippen LogP contribution in [0.2, 0.25) is 0 Å². The van der Waals surface area contributed by atoms with E-state index < -0.39 is 59.9 Å². The number of amides is 4. The van der Waals surface area contributed by atoms with E-state index in [0.29, 0.717) is 18.0 Å². The van der Waals surface area contributed by atoms with Crippen molar-refractivity contribution in [3.63, 3.8) is 0 Å². The number of aromatic nitrogens is 1. The van der Waals surface area contributed by atoms with Crippen LogP contribution < -0.4 is 21.7 Å². The van der Waals surface area contributed by atoms with Crippen molar-refractivity contribution < 1.29 is 38.2 Å². The number of fused-ring (bicyclic) bond motifs is 2. The number of likely N-dealkylation sites (tertiary alicyclic amines) is 1. The molecule has 1 saturated carbocycles. The molecule has 2 fully saturated rings. The third kappa shape index (κ3) is 12.8. The standard InChI is InChI=1S/C43H58N6O8/c1-43(2,3)48-42(54)39-31-16-10-8-14-29(31)20-21-49(39)26-36(57-38(51)27-56-23-22-55-4)34(24-28-12-6-5-7-13-28)46-41(53)35(25-37(44)50)47-40(52)33-19-18-30-15-9-11-17-32(30)45-33/h5-7,9,11-13,15,17-19,29,31,34-36,39H,8,10,14,16,20-27H2,1-4H3,(H2,44,50)(H,46,53)(H,47,52)(H,48,54). The van der Waals surface area contributed by atoms with Crippen LogP contribution in [-0.4, -0.2) is 109 Å². The first-order valence-electron chi connectivity index (χ1n) is 19.9. The number of hydrogen-bond donors (Lipinski definition) is 4. The van der Waals surface area contributed by atoms with E-state index >= 15 is 0 Å². The molecule has 2 aromatic carbocycles. The second-order valence-electron chi connectivity index (χ2n) is 16.1. The summed E-state index contributed by atoms with van der Waals surface area (Å²) in [6, 6.07) is 17.3. The topological polar surface area (TPSA) is 191 Å². The number of carbonyl (C=O) groups excluding carboxylic acids is 5. The fourth-order valence-corrected chi connectivity index (χ4v) is 8.00. The van der Waals surface area contributed by atoms with Gasteiger partial charge in [-0.1, -0.05) is 73.9 Å². The van der Waals surface area contributed by atoms with Gasteiger partial charge in [0.1, 0.15) is 24.4 Å². The second kappa shape index (κ2) is 20.5. The summed E-state index contributed by atoms with van der Waals surface area (Å²) in [6.07, 6.45) is 3.75. The molecule has 1 saturated heterocycles. The van der Waals surface area contributed by atoms with E-state index in [1.807, 2.05) is 63.2 Å². The zero-order valence-corrected chi connectivity index (χ0v) is 33.5. The summed E-state index contributed by atoms with van der Waals surface area (Å²) in [5.74, 6) is -2.39. The van der Waals surface area contributed by atoms with E-state index in [1.165, 1.54) is 7.11 Å². The van der Waals surface area contributed by atoms with Crippen molar-refractivity contribution in [3.8, 4) is 0 Å². The molecule has 2 aliphatic rings. The molecule has 3 aromatic rings. The monoisotopic (exact) mass is 786 g/mol. The van der Waals surface area contributed by atoms with Gasteiger partial charge < -0.3 is 35.9 Å². The number of piperidine rings is 1. The molecule has 6 atom stereocenters. The predicted octanol–water partition coefficient (Wildman–Crippen LogP) is 3.31. The molecule has 5 rings (SSSR count). The number of para-hydroxylation sites is 1. The number of primary amides is 1. The Morgan fingerprint density at radius 2 is 1.65 bits per heavy atom. The number of nitrogens with one attached hydrogen (secondary N) is 3. The van der Waals surface area contributed by atoms with Gasteiger partial charge in [0.25, 0.3) is 5.91 Å². The fraction of sp³-hybridized carbons (Fsp3) is 0.535. The average Bonchev–Trinajstić information content (AvgIpc) is 3.18. The molecule has 2 heterocycles. The van der Waals surface area contributed by atoms with Crippen molar-refractivity contribution in [2.45, 2.75) is 95.5 Å². The third-order valence-electron chi connectivity index (χ3n) is 10.6. The van der Waals surface area contributed by atoms with Crippen LogP contribution in [0.25, 0.3) is 10.9 Å². The van der Waals surface area contributed by atoms with Gasteiger partial charge in [-0.2, -0.15) is 0 Å². The van der Waals surface area contributed by atoms with Gasteiger partial charge in [0.05, 0.1) is 37.2 Å². The lowest BCUT2D eigenvalue weighted by molar-refractivity contribution is -0.160. The normalized spacial score (nSPS) is 20.0. The van der Waals surface area contributed by atoms with Crippen LogP contribution in [0.3, 0.4) is 0 Å². The summed E-state index contributed by atoms with van der Waals surface area (Å²) < 4.78 is 16.8. The van der Waals surface area contributed by atoms with E-state index in [-0.39, 0.29) is 50.3 Å². The highest BCUT2D eigenvalue weighted by Gasteiger charge is 2.45. The van der Waals surface area contributed by atoms with Crippen molar-refractivity contribution in [3.05, 3.63) is 78.0 Å². The summed E-state index contributed by atoms with van der Waals surface area (Å²) in [7, 11) is 1.53. The van der Waals surface area contributed by atoms with Gasteiger partial charge in [0.2, 0.25) is 17.7 Å². The van der Waals surface area contributed by atoms with Gasteiger partial charge in [-0.05, 0) is 76.1 Å². The molecule has 57 heavy (non-hydrogen) atoms. The number of nitrogens with two attached hydrogens (primary N) is 1. The highest BCUT2D eigenvalue weighted by Crippen LogP contribution is 2.40. The molecular formula is C43H58N6O8. The molecule has 1 aromatic heterocycles. The molecule has 0 radical (unpaired) electrons. The Hall–Kier alpha value is -4.92. The Balaban J connectivity index is 1.46. The summed E-state index contributed by atoms with van der Waals surface area (Å²) in [5.41, 5.74) is 6.62. The van der Waals surface area contributed by atoms with Gasteiger partial charge in [-0.15, -0.1) is 0 Å². The highest BCUT2D eigenvalue weighted by atomic mass is 16.6. The maximum atomic E-state index is 14.3. The van der Waals surface area contributed by atoms with Gasteiger partial charge in [-0.3, -0.25) is 24.1 Å². The van der Waals surface area contributed by atoms with Crippen LogP contribution in [0.15, 0.2) is 66.7 Å². The van der Waals surface area contributed by atoms with E-state index in [1.54, 1.807) is 24.3 Å². The minimum atomic E-state index is -1.38. The molecule has 308 valence electrons. The molecule has 5 N–H and O–H groups in total. The first kappa shape index (κ1) is 43.2. The summed E-state index contributed by atoms with van der Waals surface area (Å²) in [6.45, 7) is 6.67. The Kier molecular flexibility index (Phi) is 15.5. The zero-order valence-electron chi connectivity index (χ0n) is 33.5. The number of rotatable bonds is 18. The lowest BCUT2D eigenvalue weighted by atomic mass is 9.70. The van der Waals surface area contributed by atoms with E-state index in [2.05, 4.69) is 25.8 Å². The van der Waals surface area contributed by atoms with Crippen LogP contribution in [-0.2, 0) is 39.8 Å². The number of carbonyl (C=O) groups is 5. The fourth-order valence-electron chi connectivity index (χ4n) is 8.00.